The summed E-state index contributed by atoms with van der Waals surface area (Å²) in [6, 6.07) is 5.10. The predicted molar refractivity (Wildman–Crippen MR) is 77.4 cm³/mol. The summed E-state index contributed by atoms with van der Waals surface area (Å²) in [4.78, 5) is 23.3. The van der Waals surface area contributed by atoms with E-state index in [2.05, 4.69) is 10.6 Å². The Bertz CT molecular complexity index is 475. The number of carbonyl (C=O) groups is 2. The van der Waals surface area contributed by atoms with Gasteiger partial charge in [-0.1, -0.05) is 0 Å². The first-order valence-corrected chi connectivity index (χ1v) is 6.44. The third-order valence-corrected chi connectivity index (χ3v) is 2.76. The van der Waals surface area contributed by atoms with Gasteiger partial charge in [0.15, 0.2) is 0 Å². The fraction of sp³-hybridized carbons (Fsp3) is 0.429. The molecule has 0 radical (unpaired) electrons. The lowest BCUT2D eigenvalue weighted by Crippen LogP contribution is -2.32. The number of nitrogens with one attached hydrogen (secondary N) is 2. The van der Waals surface area contributed by atoms with Gasteiger partial charge >= 0.3 is 0 Å². The Morgan fingerprint density at radius 2 is 2.00 bits per heavy atom. The van der Waals surface area contributed by atoms with Crippen molar-refractivity contribution in [2.24, 2.45) is 0 Å². The van der Waals surface area contributed by atoms with Crippen molar-refractivity contribution in [3.8, 4) is 0 Å². The highest BCUT2D eigenvalue weighted by Gasteiger charge is 2.09. The molecule has 0 spiro atoms. The smallest absolute Gasteiger partial charge is 0.251 e. The lowest BCUT2D eigenvalue weighted by Gasteiger charge is -2.08. The summed E-state index contributed by atoms with van der Waals surface area (Å²) in [5, 5.41) is 5.39. The van der Waals surface area contributed by atoms with Crippen LogP contribution in [0.15, 0.2) is 18.2 Å². The van der Waals surface area contributed by atoms with Crippen molar-refractivity contribution in [3.63, 3.8) is 0 Å². The molecule has 0 fully saturated rings. The number of methoxy groups -OCH3 is 1. The van der Waals surface area contributed by atoms with E-state index in [1.54, 1.807) is 25.3 Å². The summed E-state index contributed by atoms with van der Waals surface area (Å²) in [5.74, 6) is -0.316. The number of benzene rings is 1. The zero-order valence-corrected chi connectivity index (χ0v) is 11.9. The average molecular weight is 279 g/mol. The largest absolute Gasteiger partial charge is 0.399 e. The van der Waals surface area contributed by atoms with Crippen molar-refractivity contribution in [2.45, 2.75) is 13.3 Å². The molecule has 0 bridgehead atoms. The minimum atomic E-state index is -0.202. The number of nitrogen functional groups attached to an aromatic ring is 1. The topological polar surface area (TPSA) is 93.5 Å². The van der Waals surface area contributed by atoms with Gasteiger partial charge in [-0.2, -0.15) is 0 Å². The summed E-state index contributed by atoms with van der Waals surface area (Å²) >= 11 is 0. The van der Waals surface area contributed by atoms with Gasteiger partial charge in [-0.25, -0.2) is 0 Å². The zero-order chi connectivity index (χ0) is 15.0. The second-order valence-electron chi connectivity index (χ2n) is 4.42. The first kappa shape index (κ1) is 16.0. The summed E-state index contributed by atoms with van der Waals surface area (Å²) in [7, 11) is 1.57. The third-order valence-electron chi connectivity index (χ3n) is 2.76. The molecule has 0 aliphatic carbocycles. The number of carbonyl (C=O) groups excluding carboxylic acids is 2. The minimum Gasteiger partial charge on any atom is -0.399 e. The van der Waals surface area contributed by atoms with Gasteiger partial charge in [0.05, 0.1) is 6.61 Å². The van der Waals surface area contributed by atoms with E-state index < -0.39 is 0 Å². The van der Waals surface area contributed by atoms with Crippen molar-refractivity contribution in [2.75, 3.05) is 32.5 Å². The maximum atomic E-state index is 11.9. The van der Waals surface area contributed by atoms with Crippen molar-refractivity contribution >= 4 is 17.5 Å². The van der Waals surface area contributed by atoms with Gasteiger partial charge in [-0.05, 0) is 30.7 Å². The van der Waals surface area contributed by atoms with Crippen LogP contribution in [0.3, 0.4) is 0 Å². The summed E-state index contributed by atoms with van der Waals surface area (Å²) in [6.07, 6.45) is 0.240. The number of hydrogen-bond acceptors (Lipinski definition) is 4. The van der Waals surface area contributed by atoms with Gasteiger partial charge in [0.2, 0.25) is 5.91 Å². The highest BCUT2D eigenvalue weighted by atomic mass is 16.5. The molecule has 6 heteroatoms. The fourth-order valence-electron chi connectivity index (χ4n) is 1.71. The first-order chi connectivity index (χ1) is 9.54. The number of hydrogen-bond donors (Lipinski definition) is 3. The van der Waals surface area contributed by atoms with E-state index in [-0.39, 0.29) is 18.2 Å². The van der Waals surface area contributed by atoms with Gasteiger partial charge in [-0.15, -0.1) is 0 Å². The van der Waals surface area contributed by atoms with Crippen molar-refractivity contribution in [1.29, 1.82) is 0 Å². The summed E-state index contributed by atoms with van der Waals surface area (Å²) in [5.41, 5.74) is 7.63. The van der Waals surface area contributed by atoms with Crippen LogP contribution in [0.4, 0.5) is 5.69 Å². The Balaban J connectivity index is 2.34. The first-order valence-electron chi connectivity index (χ1n) is 6.44. The van der Waals surface area contributed by atoms with Gasteiger partial charge in [0.25, 0.3) is 5.91 Å². The SMILES string of the molecule is COCCNC(=O)CCNC(=O)c1ccc(N)cc1C. The molecule has 0 atom stereocenters. The number of nitrogens with two attached hydrogens (primary N) is 1. The molecule has 0 unspecified atom stereocenters. The molecule has 4 N–H and O–H groups in total. The maximum absolute atomic E-state index is 11.9. The van der Waals surface area contributed by atoms with Crippen molar-refractivity contribution in [3.05, 3.63) is 29.3 Å². The van der Waals surface area contributed by atoms with Gasteiger partial charge in [0.1, 0.15) is 0 Å². The summed E-state index contributed by atoms with van der Waals surface area (Å²) in [6.45, 7) is 3.06. The molecule has 1 aromatic carbocycles. The molecule has 0 aromatic heterocycles. The lowest BCUT2D eigenvalue weighted by molar-refractivity contribution is -0.121. The average Bonchev–Trinajstić information content (AvgIpc) is 2.38. The van der Waals surface area contributed by atoms with Gasteiger partial charge < -0.3 is 21.1 Å². The van der Waals surface area contributed by atoms with E-state index in [4.69, 9.17) is 10.5 Å². The van der Waals surface area contributed by atoms with E-state index in [0.717, 1.165) is 5.56 Å². The quantitative estimate of drug-likeness (QED) is 0.499. The highest BCUT2D eigenvalue weighted by molar-refractivity contribution is 5.96. The molecule has 1 rings (SSSR count). The van der Waals surface area contributed by atoms with E-state index in [1.165, 1.54) is 0 Å². The van der Waals surface area contributed by atoms with Crippen LogP contribution in [-0.2, 0) is 9.53 Å². The van der Waals surface area contributed by atoms with Crippen LogP contribution < -0.4 is 16.4 Å². The Hall–Kier alpha value is -2.08. The molecule has 20 heavy (non-hydrogen) atoms. The zero-order valence-electron chi connectivity index (χ0n) is 11.9. The summed E-state index contributed by atoms with van der Waals surface area (Å²) < 4.78 is 4.82. The Labute approximate surface area is 118 Å². The van der Waals surface area contributed by atoms with Crippen LogP contribution >= 0.6 is 0 Å². The molecule has 110 valence electrons. The van der Waals surface area contributed by atoms with E-state index >= 15 is 0 Å². The van der Waals surface area contributed by atoms with Crippen LogP contribution in [0.25, 0.3) is 0 Å². The number of amides is 2. The molecular formula is C14H21N3O3. The monoisotopic (exact) mass is 279 g/mol. The molecule has 0 aliphatic heterocycles. The van der Waals surface area contributed by atoms with Gasteiger partial charge in [-0.3, -0.25) is 9.59 Å². The molecule has 1 aromatic rings. The minimum absolute atomic E-state index is 0.114. The Kier molecular flexibility index (Phi) is 6.52. The van der Waals surface area contributed by atoms with E-state index in [1.807, 2.05) is 6.92 Å². The van der Waals surface area contributed by atoms with Gasteiger partial charge in [0, 0.05) is 37.9 Å². The Morgan fingerprint density at radius 3 is 2.65 bits per heavy atom. The third kappa shape index (κ3) is 5.27. The van der Waals surface area contributed by atoms with Crippen LogP contribution in [0.2, 0.25) is 0 Å². The van der Waals surface area contributed by atoms with Crippen LogP contribution in [0.5, 0.6) is 0 Å². The van der Waals surface area contributed by atoms with Crippen molar-refractivity contribution in [1.82, 2.24) is 10.6 Å². The van der Waals surface area contributed by atoms with Crippen LogP contribution in [0.1, 0.15) is 22.3 Å². The molecule has 2 amide bonds. The number of anilines is 1. The number of rotatable bonds is 7. The maximum Gasteiger partial charge on any atom is 0.251 e. The Morgan fingerprint density at radius 1 is 1.25 bits per heavy atom. The van der Waals surface area contributed by atoms with Crippen LogP contribution in [-0.4, -0.2) is 38.6 Å². The highest BCUT2D eigenvalue weighted by Crippen LogP contribution is 2.12. The molecule has 0 heterocycles. The van der Waals surface area contributed by atoms with E-state index in [0.29, 0.717) is 30.9 Å². The van der Waals surface area contributed by atoms with Crippen molar-refractivity contribution < 1.29 is 14.3 Å². The second kappa shape index (κ2) is 8.16. The molecule has 0 saturated heterocycles. The number of aryl methyl sites for hydroxylation is 1. The molecule has 0 aliphatic rings. The fourth-order valence-corrected chi connectivity index (χ4v) is 1.71. The standard InChI is InChI=1S/C14H21N3O3/c1-10-9-11(15)3-4-12(10)14(19)17-6-5-13(18)16-7-8-20-2/h3-4,9H,5-8,15H2,1-2H3,(H,16,18)(H,17,19). The van der Waals surface area contributed by atoms with E-state index in [9.17, 15) is 9.59 Å². The number of ether oxygens (including phenoxy) is 1. The molecular weight excluding hydrogens is 258 g/mol. The lowest BCUT2D eigenvalue weighted by atomic mass is 10.1. The predicted octanol–water partition coefficient (Wildman–Crippen LogP) is 0.460. The van der Waals surface area contributed by atoms with Crippen LogP contribution in [0, 0.1) is 6.92 Å². The second-order valence-corrected chi connectivity index (χ2v) is 4.42. The molecule has 0 saturated carbocycles. The molecule has 6 nitrogen and oxygen atoms in total. The normalized spacial score (nSPS) is 10.1.